The number of nitrogens with one attached hydrogen (secondary N) is 1. The van der Waals surface area contributed by atoms with E-state index in [4.69, 9.17) is 9.47 Å². The number of fused-ring (bicyclic) bond motifs is 1. The molecule has 1 heterocycles. The minimum absolute atomic E-state index is 0.249. The third kappa shape index (κ3) is 4.67. The average molecular weight is 475 g/mol. The van der Waals surface area contributed by atoms with Crippen LogP contribution in [0.2, 0.25) is 0 Å². The molecule has 1 fully saturated rings. The van der Waals surface area contributed by atoms with Crippen molar-refractivity contribution in [3.8, 4) is 11.5 Å². The number of hydrogen-bond donors (Lipinski definition) is 1. The first-order valence-corrected chi connectivity index (χ1v) is 12.2. The molecule has 1 aliphatic heterocycles. The summed E-state index contributed by atoms with van der Waals surface area (Å²) in [7, 11) is -3.98. The van der Waals surface area contributed by atoms with Crippen LogP contribution in [0.15, 0.2) is 91.0 Å². The first kappa shape index (κ1) is 21.8. The number of rotatable bonds is 7. The van der Waals surface area contributed by atoms with E-state index in [0.29, 0.717) is 23.8 Å². The van der Waals surface area contributed by atoms with Crippen LogP contribution in [0.1, 0.15) is 11.1 Å². The number of anilines is 1. The van der Waals surface area contributed by atoms with Crippen molar-refractivity contribution in [3.63, 3.8) is 0 Å². The molecule has 1 amide bonds. The predicted molar refractivity (Wildman–Crippen MR) is 130 cm³/mol. The first-order valence-electron chi connectivity index (χ1n) is 10.7. The van der Waals surface area contributed by atoms with Crippen LogP contribution in [0.4, 0.5) is 5.69 Å². The standard InChI is InChI=1S/C26H22N2O5S/c29-26-16-28(34(30,31)27-26)24-14-21-11-12-23(32-17-19-7-3-1-4-8-19)13-22(21)15-25(24)33-18-20-9-5-2-6-10-20/h1-15H,16-18H2,(H,27,29). The van der Waals surface area contributed by atoms with Gasteiger partial charge in [-0.15, -0.1) is 0 Å². The second kappa shape index (κ2) is 9.07. The van der Waals surface area contributed by atoms with Gasteiger partial charge in [0.15, 0.2) is 0 Å². The van der Waals surface area contributed by atoms with Crippen molar-refractivity contribution in [1.29, 1.82) is 0 Å². The lowest BCUT2D eigenvalue weighted by atomic mass is 10.1. The summed E-state index contributed by atoms with van der Waals surface area (Å²) >= 11 is 0. The number of nitrogens with zero attached hydrogens (tertiary/aromatic N) is 1. The highest BCUT2D eigenvalue weighted by Gasteiger charge is 2.36. The third-order valence-electron chi connectivity index (χ3n) is 5.46. The lowest BCUT2D eigenvalue weighted by molar-refractivity contribution is -0.117. The number of benzene rings is 4. The summed E-state index contributed by atoms with van der Waals surface area (Å²) in [5.74, 6) is 0.458. The van der Waals surface area contributed by atoms with Gasteiger partial charge in [0.25, 0.3) is 5.91 Å². The molecule has 0 atom stereocenters. The van der Waals surface area contributed by atoms with E-state index < -0.39 is 16.1 Å². The maximum Gasteiger partial charge on any atom is 0.326 e. The van der Waals surface area contributed by atoms with Crippen molar-refractivity contribution in [2.45, 2.75) is 13.2 Å². The minimum Gasteiger partial charge on any atom is -0.489 e. The molecular weight excluding hydrogens is 452 g/mol. The summed E-state index contributed by atoms with van der Waals surface area (Å²) in [6, 6.07) is 28.5. The van der Waals surface area contributed by atoms with E-state index in [0.717, 1.165) is 26.2 Å². The van der Waals surface area contributed by atoms with Crippen LogP contribution in [0.25, 0.3) is 10.8 Å². The fourth-order valence-electron chi connectivity index (χ4n) is 3.78. The van der Waals surface area contributed by atoms with Gasteiger partial charge in [-0.2, -0.15) is 8.42 Å². The summed E-state index contributed by atoms with van der Waals surface area (Å²) in [6.45, 7) is 0.383. The molecule has 172 valence electrons. The zero-order valence-corrected chi connectivity index (χ0v) is 19.0. The molecule has 1 aliphatic rings. The molecule has 0 aromatic heterocycles. The summed E-state index contributed by atoms with van der Waals surface area (Å²) in [6.07, 6.45) is 0. The van der Waals surface area contributed by atoms with Gasteiger partial charge in [0, 0.05) is 0 Å². The molecule has 0 saturated carbocycles. The molecule has 7 nitrogen and oxygen atoms in total. The molecule has 34 heavy (non-hydrogen) atoms. The van der Waals surface area contributed by atoms with Crippen molar-refractivity contribution in [1.82, 2.24) is 4.72 Å². The van der Waals surface area contributed by atoms with Crippen LogP contribution in [-0.4, -0.2) is 20.9 Å². The Kier molecular flexibility index (Phi) is 5.81. The number of carbonyl (C=O) groups is 1. The number of hydrogen-bond acceptors (Lipinski definition) is 5. The Balaban J connectivity index is 1.49. The van der Waals surface area contributed by atoms with Crippen LogP contribution >= 0.6 is 0 Å². The normalized spacial score (nSPS) is 14.7. The highest BCUT2D eigenvalue weighted by molar-refractivity contribution is 7.92. The minimum atomic E-state index is -3.98. The van der Waals surface area contributed by atoms with Gasteiger partial charge >= 0.3 is 10.2 Å². The van der Waals surface area contributed by atoms with Crippen LogP contribution in [0, 0.1) is 0 Å². The second-order valence-corrected chi connectivity index (χ2v) is 9.51. The molecule has 1 saturated heterocycles. The summed E-state index contributed by atoms with van der Waals surface area (Å²) in [4.78, 5) is 11.8. The Hall–Kier alpha value is -4.04. The van der Waals surface area contributed by atoms with Gasteiger partial charge in [-0.1, -0.05) is 66.7 Å². The summed E-state index contributed by atoms with van der Waals surface area (Å²) in [5.41, 5.74) is 2.30. The van der Waals surface area contributed by atoms with Gasteiger partial charge in [-0.05, 0) is 46.2 Å². The monoisotopic (exact) mass is 474 g/mol. The molecule has 1 N–H and O–H groups in total. The Morgan fingerprint density at radius 1 is 0.765 bits per heavy atom. The van der Waals surface area contributed by atoms with Crippen LogP contribution in [-0.2, 0) is 28.2 Å². The fraction of sp³-hybridized carbons (Fsp3) is 0.115. The molecule has 0 spiro atoms. The molecule has 5 rings (SSSR count). The Bertz CT molecular complexity index is 1440. The third-order valence-corrected chi connectivity index (χ3v) is 6.86. The van der Waals surface area contributed by atoms with E-state index in [1.165, 1.54) is 0 Å². The number of amides is 1. The lowest BCUT2D eigenvalue weighted by Crippen LogP contribution is -2.29. The van der Waals surface area contributed by atoms with E-state index in [-0.39, 0.29) is 13.2 Å². The van der Waals surface area contributed by atoms with E-state index in [2.05, 4.69) is 0 Å². The molecule has 4 aromatic rings. The van der Waals surface area contributed by atoms with Gasteiger partial charge in [-0.25, -0.2) is 9.03 Å². The van der Waals surface area contributed by atoms with Crippen molar-refractivity contribution in [3.05, 3.63) is 102 Å². The van der Waals surface area contributed by atoms with E-state index in [9.17, 15) is 13.2 Å². The average Bonchev–Trinajstić information content (AvgIpc) is 3.13. The zero-order valence-electron chi connectivity index (χ0n) is 18.2. The lowest BCUT2D eigenvalue weighted by Gasteiger charge is -2.20. The SMILES string of the molecule is O=C1CN(c2cc3ccc(OCc4ccccc4)cc3cc2OCc2ccccc2)S(=O)(=O)N1. The van der Waals surface area contributed by atoms with Crippen LogP contribution in [0.3, 0.4) is 0 Å². The maximum atomic E-state index is 12.5. The summed E-state index contributed by atoms with van der Waals surface area (Å²) in [5, 5.41) is 1.62. The highest BCUT2D eigenvalue weighted by atomic mass is 32.2. The van der Waals surface area contributed by atoms with Crippen molar-refractivity contribution in [2.75, 3.05) is 10.8 Å². The molecule has 0 aliphatic carbocycles. The topological polar surface area (TPSA) is 84.9 Å². The molecule has 0 radical (unpaired) electrons. The van der Waals surface area contributed by atoms with E-state index >= 15 is 0 Å². The fourth-order valence-corrected chi connectivity index (χ4v) is 4.93. The Morgan fingerprint density at radius 3 is 2.03 bits per heavy atom. The second-order valence-electron chi connectivity index (χ2n) is 7.91. The number of ether oxygens (including phenoxy) is 2. The van der Waals surface area contributed by atoms with Gasteiger partial charge in [0.05, 0.1) is 5.69 Å². The maximum absolute atomic E-state index is 12.5. The highest BCUT2D eigenvalue weighted by Crippen LogP contribution is 2.37. The molecule has 0 unspecified atom stereocenters. The van der Waals surface area contributed by atoms with Crippen molar-refractivity contribution >= 4 is 32.6 Å². The molecule has 4 aromatic carbocycles. The molecule has 0 bridgehead atoms. The quantitative estimate of drug-likeness (QED) is 0.434. The zero-order chi connectivity index (χ0) is 23.5. The van der Waals surface area contributed by atoms with E-state index in [1.54, 1.807) is 12.1 Å². The van der Waals surface area contributed by atoms with Gasteiger partial charge in [0.2, 0.25) is 0 Å². The number of carbonyl (C=O) groups excluding carboxylic acids is 1. The van der Waals surface area contributed by atoms with Crippen molar-refractivity contribution < 1.29 is 22.7 Å². The van der Waals surface area contributed by atoms with Crippen LogP contribution < -0.4 is 18.5 Å². The van der Waals surface area contributed by atoms with Gasteiger partial charge in [-0.3, -0.25) is 4.79 Å². The predicted octanol–water partition coefficient (Wildman–Crippen LogP) is 4.18. The Morgan fingerprint density at radius 2 is 1.41 bits per heavy atom. The van der Waals surface area contributed by atoms with Gasteiger partial charge in [0.1, 0.15) is 31.3 Å². The molecule has 8 heteroatoms. The smallest absolute Gasteiger partial charge is 0.326 e. The molecular formula is C26H22N2O5S. The Labute approximate surface area is 197 Å². The first-order chi connectivity index (χ1) is 16.5. The summed E-state index contributed by atoms with van der Waals surface area (Å²) < 4.78 is 40.1. The van der Waals surface area contributed by atoms with Gasteiger partial charge < -0.3 is 9.47 Å². The van der Waals surface area contributed by atoms with Crippen LogP contribution in [0.5, 0.6) is 11.5 Å². The van der Waals surface area contributed by atoms with E-state index in [1.807, 2.05) is 83.6 Å². The largest absolute Gasteiger partial charge is 0.489 e. The van der Waals surface area contributed by atoms with Crippen molar-refractivity contribution in [2.24, 2.45) is 0 Å².